The average Bonchev–Trinajstić information content (AvgIpc) is 2.75. The van der Waals surface area contributed by atoms with E-state index < -0.39 is 0 Å². The van der Waals surface area contributed by atoms with Crippen LogP contribution in [0.25, 0.3) is 11.1 Å². The van der Waals surface area contributed by atoms with Crippen LogP contribution < -0.4 is 5.73 Å². The van der Waals surface area contributed by atoms with E-state index in [4.69, 9.17) is 33.4 Å². The molecular weight excluding hydrogens is 283 g/mol. The van der Waals surface area contributed by atoms with Crippen LogP contribution in [0.2, 0.25) is 10.0 Å². The van der Waals surface area contributed by atoms with E-state index in [0.717, 1.165) is 5.56 Å². The third kappa shape index (κ3) is 2.39. The number of fused-ring (bicyclic) bond motifs is 1. The van der Waals surface area contributed by atoms with Crippen molar-refractivity contribution in [1.82, 2.24) is 4.98 Å². The van der Waals surface area contributed by atoms with Crippen molar-refractivity contribution in [3.05, 3.63) is 57.9 Å². The van der Waals surface area contributed by atoms with Gasteiger partial charge in [-0.15, -0.1) is 0 Å². The Hall–Kier alpha value is -1.71. The van der Waals surface area contributed by atoms with Gasteiger partial charge in [-0.2, -0.15) is 0 Å². The second-order valence-electron chi connectivity index (χ2n) is 4.22. The van der Waals surface area contributed by atoms with Crippen molar-refractivity contribution in [3.63, 3.8) is 0 Å². The minimum atomic E-state index is 0.460. The summed E-state index contributed by atoms with van der Waals surface area (Å²) in [7, 11) is 0. The quantitative estimate of drug-likeness (QED) is 0.716. The highest BCUT2D eigenvalue weighted by Gasteiger charge is 2.11. The average molecular weight is 293 g/mol. The first-order valence-electron chi connectivity index (χ1n) is 5.71. The van der Waals surface area contributed by atoms with Gasteiger partial charge in [0, 0.05) is 10.7 Å². The lowest BCUT2D eigenvalue weighted by Crippen LogP contribution is -1.95. The molecule has 3 rings (SSSR count). The second kappa shape index (κ2) is 4.76. The van der Waals surface area contributed by atoms with Crippen molar-refractivity contribution in [3.8, 4) is 0 Å². The summed E-state index contributed by atoms with van der Waals surface area (Å²) in [5, 5.41) is 0.999. The predicted octanol–water partition coefficient (Wildman–Crippen LogP) is 4.31. The molecule has 0 fully saturated rings. The van der Waals surface area contributed by atoms with Crippen LogP contribution in [-0.4, -0.2) is 4.98 Å². The SMILES string of the molecule is Nc1ccccc1Cc1nc2cc(Cl)cc(Cl)c2o1. The number of halogens is 2. The van der Waals surface area contributed by atoms with E-state index in [-0.39, 0.29) is 0 Å². The Bertz CT molecular complexity index is 752. The molecule has 0 saturated carbocycles. The van der Waals surface area contributed by atoms with Crippen molar-refractivity contribution in [1.29, 1.82) is 0 Å². The number of nitrogen functional groups attached to an aromatic ring is 1. The molecule has 0 amide bonds. The van der Waals surface area contributed by atoms with Gasteiger partial charge in [-0.3, -0.25) is 0 Å². The van der Waals surface area contributed by atoms with E-state index in [1.807, 2.05) is 24.3 Å². The van der Waals surface area contributed by atoms with Gasteiger partial charge in [0.15, 0.2) is 11.5 Å². The first-order chi connectivity index (χ1) is 9.13. The zero-order valence-corrected chi connectivity index (χ0v) is 11.4. The van der Waals surface area contributed by atoms with Crippen LogP contribution in [0, 0.1) is 0 Å². The fraction of sp³-hybridized carbons (Fsp3) is 0.0714. The summed E-state index contributed by atoms with van der Waals surface area (Å²) in [6.45, 7) is 0. The highest BCUT2D eigenvalue weighted by atomic mass is 35.5. The van der Waals surface area contributed by atoms with Gasteiger partial charge < -0.3 is 10.2 Å². The lowest BCUT2D eigenvalue weighted by molar-refractivity contribution is 0.544. The molecule has 1 heterocycles. The maximum atomic E-state index is 6.07. The van der Waals surface area contributed by atoms with Crippen LogP contribution in [0.4, 0.5) is 5.69 Å². The number of nitrogens with two attached hydrogens (primary N) is 1. The van der Waals surface area contributed by atoms with Crippen LogP contribution in [-0.2, 0) is 6.42 Å². The fourth-order valence-electron chi connectivity index (χ4n) is 1.94. The number of hydrogen-bond acceptors (Lipinski definition) is 3. The van der Waals surface area contributed by atoms with Crippen LogP contribution in [0.15, 0.2) is 40.8 Å². The van der Waals surface area contributed by atoms with E-state index in [9.17, 15) is 0 Å². The Labute approximate surface area is 119 Å². The second-order valence-corrected chi connectivity index (χ2v) is 5.06. The van der Waals surface area contributed by atoms with Gasteiger partial charge in [0.2, 0.25) is 0 Å². The molecule has 96 valence electrons. The molecule has 0 bridgehead atoms. The van der Waals surface area contributed by atoms with E-state index in [0.29, 0.717) is 39.1 Å². The molecule has 0 saturated heterocycles. The molecule has 5 heteroatoms. The van der Waals surface area contributed by atoms with E-state index in [1.165, 1.54) is 0 Å². The molecule has 3 aromatic rings. The smallest absolute Gasteiger partial charge is 0.200 e. The van der Waals surface area contributed by atoms with Gasteiger partial charge in [0.1, 0.15) is 5.52 Å². The minimum absolute atomic E-state index is 0.460. The van der Waals surface area contributed by atoms with Gasteiger partial charge >= 0.3 is 0 Å². The molecule has 0 spiro atoms. The summed E-state index contributed by atoms with van der Waals surface area (Å²) in [5.74, 6) is 0.567. The summed E-state index contributed by atoms with van der Waals surface area (Å²) < 4.78 is 5.66. The first kappa shape index (κ1) is 12.3. The Kier molecular flexibility index (Phi) is 3.09. The number of aromatic nitrogens is 1. The van der Waals surface area contributed by atoms with Crippen molar-refractivity contribution in [2.75, 3.05) is 5.73 Å². The van der Waals surface area contributed by atoms with Crippen molar-refractivity contribution < 1.29 is 4.42 Å². The molecule has 2 aromatic carbocycles. The van der Waals surface area contributed by atoms with E-state index in [1.54, 1.807) is 12.1 Å². The third-order valence-corrected chi connectivity index (χ3v) is 3.35. The predicted molar refractivity (Wildman–Crippen MR) is 77.7 cm³/mol. The summed E-state index contributed by atoms with van der Waals surface area (Å²) in [6.07, 6.45) is 0.523. The number of hydrogen-bond donors (Lipinski definition) is 1. The summed E-state index contributed by atoms with van der Waals surface area (Å²) in [6, 6.07) is 11.0. The lowest BCUT2D eigenvalue weighted by atomic mass is 10.1. The van der Waals surface area contributed by atoms with Crippen molar-refractivity contribution in [2.24, 2.45) is 0 Å². The minimum Gasteiger partial charge on any atom is -0.439 e. The van der Waals surface area contributed by atoms with Gasteiger partial charge in [0.25, 0.3) is 0 Å². The molecule has 0 unspecified atom stereocenters. The highest BCUT2D eigenvalue weighted by molar-refractivity contribution is 6.37. The van der Waals surface area contributed by atoms with Crippen LogP contribution in [0.1, 0.15) is 11.5 Å². The maximum absolute atomic E-state index is 6.07. The van der Waals surface area contributed by atoms with Gasteiger partial charge in [-0.05, 0) is 23.8 Å². The van der Waals surface area contributed by atoms with Gasteiger partial charge in [-0.25, -0.2) is 4.98 Å². The molecule has 0 aliphatic carbocycles. The largest absolute Gasteiger partial charge is 0.439 e. The number of oxazole rings is 1. The molecule has 0 atom stereocenters. The molecule has 3 nitrogen and oxygen atoms in total. The van der Waals surface area contributed by atoms with Gasteiger partial charge in [-0.1, -0.05) is 41.4 Å². The Morgan fingerprint density at radius 1 is 1.16 bits per heavy atom. The summed E-state index contributed by atoms with van der Waals surface area (Å²) >= 11 is 12.0. The Balaban J connectivity index is 2.03. The molecule has 2 N–H and O–H groups in total. The van der Waals surface area contributed by atoms with Crippen LogP contribution >= 0.6 is 23.2 Å². The van der Waals surface area contributed by atoms with Crippen LogP contribution in [0.5, 0.6) is 0 Å². The van der Waals surface area contributed by atoms with Crippen molar-refractivity contribution in [2.45, 2.75) is 6.42 Å². The molecule has 1 aromatic heterocycles. The molecule has 19 heavy (non-hydrogen) atoms. The molecule has 0 radical (unpaired) electrons. The number of rotatable bonds is 2. The number of benzene rings is 2. The maximum Gasteiger partial charge on any atom is 0.200 e. The number of para-hydroxylation sites is 1. The first-order valence-corrected chi connectivity index (χ1v) is 6.47. The normalized spacial score (nSPS) is 11.1. The topological polar surface area (TPSA) is 52.0 Å². The third-order valence-electron chi connectivity index (χ3n) is 2.85. The lowest BCUT2D eigenvalue weighted by Gasteiger charge is -2.01. The molecule has 0 aliphatic heterocycles. The molecule has 0 aliphatic rings. The van der Waals surface area contributed by atoms with E-state index >= 15 is 0 Å². The zero-order chi connectivity index (χ0) is 13.4. The number of nitrogens with zero attached hydrogens (tertiary/aromatic N) is 1. The van der Waals surface area contributed by atoms with Crippen LogP contribution in [0.3, 0.4) is 0 Å². The highest BCUT2D eigenvalue weighted by Crippen LogP contribution is 2.29. The zero-order valence-electron chi connectivity index (χ0n) is 9.86. The Morgan fingerprint density at radius 3 is 2.74 bits per heavy atom. The summed E-state index contributed by atoms with van der Waals surface area (Å²) in [4.78, 5) is 4.38. The van der Waals surface area contributed by atoms with Crippen molar-refractivity contribution >= 4 is 40.0 Å². The summed E-state index contributed by atoms with van der Waals surface area (Å²) in [5.41, 5.74) is 8.79. The monoisotopic (exact) mass is 292 g/mol. The fourth-order valence-corrected chi connectivity index (χ4v) is 2.46. The number of anilines is 1. The Morgan fingerprint density at radius 2 is 1.95 bits per heavy atom. The van der Waals surface area contributed by atoms with Gasteiger partial charge in [0.05, 0.1) is 11.4 Å². The molecular formula is C14H10Cl2N2O. The van der Waals surface area contributed by atoms with E-state index in [2.05, 4.69) is 4.98 Å². The standard InChI is InChI=1S/C14H10Cl2N2O/c15-9-6-10(16)14-12(7-9)18-13(19-14)5-8-3-1-2-4-11(8)17/h1-4,6-7H,5,17H2.